The van der Waals surface area contributed by atoms with Crippen molar-refractivity contribution in [2.45, 2.75) is 25.2 Å². The molecular weight excluding hydrogens is 466 g/mol. The van der Waals surface area contributed by atoms with Crippen LogP contribution < -0.4 is 19.6 Å². The number of hydrogen-bond donors (Lipinski definition) is 2. The molecule has 2 amide bonds. The maximum Gasteiger partial charge on any atom is 0.507 e. The summed E-state index contributed by atoms with van der Waals surface area (Å²) < 4.78 is 63.6. The van der Waals surface area contributed by atoms with Gasteiger partial charge in [-0.2, -0.15) is 22.6 Å². The molecule has 1 atom stereocenters. The highest BCUT2D eigenvalue weighted by molar-refractivity contribution is 7.09. The number of ether oxygens (including phenoxy) is 2. The van der Waals surface area contributed by atoms with Crippen molar-refractivity contribution in [1.82, 2.24) is 9.88 Å². The van der Waals surface area contributed by atoms with Gasteiger partial charge < -0.3 is 19.9 Å². The molecule has 0 saturated carbocycles. The van der Waals surface area contributed by atoms with Crippen LogP contribution in [0.5, 0.6) is 11.5 Å². The zero-order chi connectivity index (χ0) is 23.8. The van der Waals surface area contributed by atoms with Crippen LogP contribution in [-0.2, 0) is 0 Å². The number of halogens is 4. The van der Waals surface area contributed by atoms with E-state index in [1.165, 1.54) is 10.6 Å². The van der Waals surface area contributed by atoms with E-state index >= 15 is 0 Å². The first-order chi connectivity index (χ1) is 15.6. The van der Waals surface area contributed by atoms with Crippen molar-refractivity contribution in [3.63, 3.8) is 0 Å². The second-order valence-corrected chi connectivity index (χ2v) is 8.28. The molecule has 1 aliphatic rings. The van der Waals surface area contributed by atoms with Gasteiger partial charge in [-0.1, -0.05) is 30.3 Å². The van der Waals surface area contributed by atoms with Gasteiger partial charge in [-0.15, -0.1) is 11.3 Å². The number of aryl methyl sites for hydroxylation is 1. The quantitative estimate of drug-likeness (QED) is 0.546. The number of urea groups is 1. The van der Waals surface area contributed by atoms with E-state index in [1.54, 1.807) is 43.5 Å². The molecule has 3 aromatic rings. The van der Waals surface area contributed by atoms with Gasteiger partial charge in [0.25, 0.3) is 0 Å². The molecule has 0 fully saturated rings. The lowest BCUT2D eigenvalue weighted by Gasteiger charge is -2.31. The molecule has 0 unspecified atom stereocenters. The molecule has 2 aromatic carbocycles. The normalized spacial score (nSPS) is 17.5. The van der Waals surface area contributed by atoms with Crippen LogP contribution >= 0.6 is 11.3 Å². The number of aliphatic hydroxyl groups is 1. The van der Waals surface area contributed by atoms with Gasteiger partial charge in [0, 0.05) is 17.1 Å². The number of benzene rings is 2. The second kappa shape index (κ2) is 8.52. The van der Waals surface area contributed by atoms with E-state index in [4.69, 9.17) is 0 Å². The van der Waals surface area contributed by atoms with Crippen molar-refractivity contribution in [1.29, 1.82) is 0 Å². The lowest BCUT2D eigenvalue weighted by molar-refractivity contribution is -0.391. The average molecular weight is 483 g/mol. The highest BCUT2D eigenvalue weighted by atomic mass is 32.1. The van der Waals surface area contributed by atoms with E-state index < -0.39 is 35.8 Å². The number of fused-ring (bicyclic) bond motifs is 1. The number of nitrogens with one attached hydrogen (secondary N) is 1. The summed E-state index contributed by atoms with van der Waals surface area (Å²) in [5.41, 5.74) is 0.916. The number of hydrogen-bond acceptors (Lipinski definition) is 5. The average Bonchev–Trinajstić information content (AvgIpc) is 3.12. The van der Waals surface area contributed by atoms with Crippen LogP contribution in [0, 0.1) is 6.92 Å². The predicted octanol–water partition coefficient (Wildman–Crippen LogP) is 4.15. The van der Waals surface area contributed by atoms with Crippen LogP contribution in [0.1, 0.15) is 16.5 Å². The van der Waals surface area contributed by atoms with Gasteiger partial charge in [-0.05, 0) is 24.6 Å². The highest BCUT2D eigenvalue weighted by Crippen LogP contribution is 2.47. The Hall–Kier alpha value is -3.38. The smallest absolute Gasteiger partial charge is 0.421 e. The summed E-state index contributed by atoms with van der Waals surface area (Å²) in [7, 11) is 0. The predicted molar refractivity (Wildman–Crippen MR) is 110 cm³/mol. The summed E-state index contributed by atoms with van der Waals surface area (Å²) >= 11 is 1.14. The third kappa shape index (κ3) is 4.57. The number of aliphatic hydroxyl groups excluding tert-OH is 1. The van der Waals surface area contributed by atoms with Gasteiger partial charge in [0.2, 0.25) is 0 Å². The van der Waals surface area contributed by atoms with Crippen molar-refractivity contribution in [2.75, 3.05) is 6.61 Å². The fourth-order valence-electron chi connectivity index (χ4n) is 3.11. The van der Waals surface area contributed by atoms with Crippen LogP contribution in [-0.4, -0.2) is 34.5 Å². The van der Waals surface area contributed by atoms with Crippen LogP contribution in [0.25, 0.3) is 5.69 Å². The molecule has 2 heterocycles. The van der Waals surface area contributed by atoms with Gasteiger partial charge >= 0.3 is 18.2 Å². The number of nitrogens with zero attached hydrogens (tertiary/aromatic N) is 2. The van der Waals surface area contributed by atoms with Crippen LogP contribution in [0.2, 0.25) is 0 Å². The van der Waals surface area contributed by atoms with E-state index in [-0.39, 0.29) is 17.1 Å². The van der Waals surface area contributed by atoms with Crippen molar-refractivity contribution in [3.8, 4) is 17.2 Å². The van der Waals surface area contributed by atoms with E-state index in [2.05, 4.69) is 19.8 Å². The standard InChI is InChI=1S/C21H17F4N3O4S/c1-12-10-28(14-7-8-16-17(9-14)32-21(24,25)20(22,23)31-16)19(33-12)27-18(30)26-15(11-29)13-5-3-2-4-6-13/h2-10,15,29H,11H2,1H3,(H,26,30)/b27-19-/t15-/m1/s1. The van der Waals surface area contributed by atoms with Crippen molar-refractivity contribution in [3.05, 3.63) is 70.0 Å². The Bertz CT molecular complexity index is 1240. The Morgan fingerprint density at radius 2 is 1.79 bits per heavy atom. The highest BCUT2D eigenvalue weighted by Gasteiger charge is 2.65. The minimum absolute atomic E-state index is 0.184. The fraction of sp³-hybridized carbons (Fsp3) is 0.238. The first kappa shape index (κ1) is 22.8. The molecule has 2 N–H and O–H groups in total. The molecule has 174 valence electrons. The van der Waals surface area contributed by atoms with E-state index in [0.717, 1.165) is 28.3 Å². The summed E-state index contributed by atoms with van der Waals surface area (Å²) in [5.74, 6) is -1.13. The molecular formula is C21H17F4N3O4S. The van der Waals surface area contributed by atoms with Gasteiger partial charge in [-0.25, -0.2) is 4.79 Å². The Balaban J connectivity index is 1.64. The maximum absolute atomic E-state index is 13.6. The number of rotatable bonds is 4. The molecule has 0 spiro atoms. The molecule has 4 rings (SSSR count). The molecule has 7 nitrogen and oxygen atoms in total. The molecule has 12 heteroatoms. The van der Waals surface area contributed by atoms with Gasteiger partial charge in [-0.3, -0.25) is 4.57 Å². The lowest BCUT2D eigenvalue weighted by atomic mass is 10.1. The van der Waals surface area contributed by atoms with Crippen molar-refractivity contribution >= 4 is 17.4 Å². The minimum atomic E-state index is -4.85. The summed E-state index contributed by atoms with van der Waals surface area (Å²) in [4.78, 5) is 17.4. The summed E-state index contributed by atoms with van der Waals surface area (Å²) in [6.45, 7) is 1.39. The van der Waals surface area contributed by atoms with Gasteiger partial charge in [0.05, 0.1) is 18.3 Å². The molecule has 0 bridgehead atoms. The summed E-state index contributed by atoms with van der Waals surface area (Å²) in [6, 6.07) is 10.9. The Labute approximate surface area is 188 Å². The Kier molecular flexibility index (Phi) is 5.89. The zero-order valence-electron chi connectivity index (χ0n) is 17.0. The number of amides is 2. The van der Waals surface area contributed by atoms with Crippen molar-refractivity contribution in [2.24, 2.45) is 4.99 Å². The Morgan fingerprint density at radius 3 is 2.45 bits per heavy atom. The van der Waals surface area contributed by atoms with Crippen LogP contribution in [0.4, 0.5) is 22.4 Å². The first-order valence-corrected chi connectivity index (χ1v) is 10.4. The largest absolute Gasteiger partial charge is 0.507 e. The lowest BCUT2D eigenvalue weighted by Crippen LogP contribution is -2.52. The third-order valence-corrected chi connectivity index (χ3v) is 5.57. The molecule has 1 aromatic heterocycles. The third-order valence-electron chi connectivity index (χ3n) is 4.67. The molecule has 0 aliphatic carbocycles. The van der Waals surface area contributed by atoms with Gasteiger partial charge in [0.1, 0.15) is 0 Å². The second-order valence-electron chi connectivity index (χ2n) is 7.07. The number of aromatic nitrogens is 1. The van der Waals surface area contributed by atoms with E-state index in [0.29, 0.717) is 5.56 Å². The number of carbonyl (C=O) groups is 1. The topological polar surface area (TPSA) is 85.1 Å². The number of thiazole rings is 1. The maximum atomic E-state index is 13.6. The van der Waals surface area contributed by atoms with Crippen LogP contribution in [0.15, 0.2) is 59.7 Å². The zero-order valence-corrected chi connectivity index (χ0v) is 17.8. The Morgan fingerprint density at radius 1 is 1.12 bits per heavy atom. The monoisotopic (exact) mass is 483 g/mol. The minimum Gasteiger partial charge on any atom is -0.421 e. The number of carbonyl (C=O) groups excluding carboxylic acids is 1. The molecule has 0 radical (unpaired) electrons. The SMILES string of the molecule is Cc1cn(-c2ccc3c(c2)OC(F)(F)C(F)(F)O3)/c(=N/C(=O)N[C@H](CO)c2ccccc2)s1. The van der Waals surface area contributed by atoms with Crippen molar-refractivity contribution < 1.29 is 36.9 Å². The van der Waals surface area contributed by atoms with E-state index in [1.807, 2.05) is 0 Å². The molecule has 33 heavy (non-hydrogen) atoms. The summed E-state index contributed by atoms with van der Waals surface area (Å²) in [5, 5.41) is 12.2. The van der Waals surface area contributed by atoms with E-state index in [9.17, 15) is 27.5 Å². The summed E-state index contributed by atoms with van der Waals surface area (Å²) in [6.07, 6.45) is -8.07. The fourth-order valence-corrected chi connectivity index (χ4v) is 3.94. The van der Waals surface area contributed by atoms with Gasteiger partial charge in [0.15, 0.2) is 16.3 Å². The first-order valence-electron chi connectivity index (χ1n) is 9.58. The molecule has 0 saturated heterocycles. The van der Waals surface area contributed by atoms with Crippen LogP contribution in [0.3, 0.4) is 0 Å². The number of alkyl halides is 4. The molecule has 1 aliphatic heterocycles.